The van der Waals surface area contributed by atoms with Crippen molar-refractivity contribution < 1.29 is 23.9 Å². The second-order valence-corrected chi connectivity index (χ2v) is 9.82. The predicted octanol–water partition coefficient (Wildman–Crippen LogP) is 5.56. The highest BCUT2D eigenvalue weighted by atomic mass is 79.9. The number of hydrogen-bond acceptors (Lipinski definition) is 5. The number of methoxy groups -OCH3 is 1. The lowest BCUT2D eigenvalue weighted by atomic mass is 9.93. The Balaban J connectivity index is 1.65. The number of nitrogens with one attached hydrogen (secondary N) is 1. The normalized spacial score (nSPS) is 17.8. The molecule has 0 unspecified atom stereocenters. The average Bonchev–Trinajstić information content (AvgIpc) is 2.87. The third-order valence-corrected chi connectivity index (χ3v) is 6.95. The van der Waals surface area contributed by atoms with Crippen molar-refractivity contribution in [2.45, 2.75) is 51.2 Å². The van der Waals surface area contributed by atoms with Crippen molar-refractivity contribution in [2.75, 3.05) is 7.11 Å². The second-order valence-electron chi connectivity index (χ2n) is 8.90. The Morgan fingerprint density at radius 3 is 2.50 bits per heavy atom. The summed E-state index contributed by atoms with van der Waals surface area (Å²) in [6, 6.07) is 10.6. The highest BCUT2D eigenvalue weighted by Gasteiger charge is 2.40. The average molecular weight is 553 g/mol. The van der Waals surface area contributed by atoms with E-state index < -0.39 is 17.8 Å². The highest BCUT2D eigenvalue weighted by Crippen LogP contribution is 2.35. The quantitative estimate of drug-likeness (QED) is 0.263. The molecule has 4 amide bonds. The summed E-state index contributed by atoms with van der Waals surface area (Å²) >= 11 is 3.43. The molecule has 188 valence electrons. The number of ether oxygens (including phenoxy) is 2. The third-order valence-electron chi connectivity index (χ3n) is 6.42. The van der Waals surface area contributed by atoms with E-state index in [4.69, 9.17) is 9.47 Å². The van der Waals surface area contributed by atoms with Gasteiger partial charge in [0.25, 0.3) is 11.8 Å². The number of benzene rings is 2. The Hall–Kier alpha value is -3.39. The number of amides is 4. The molecule has 0 aromatic heterocycles. The van der Waals surface area contributed by atoms with Crippen LogP contribution in [0.5, 0.6) is 11.5 Å². The van der Waals surface area contributed by atoms with Crippen molar-refractivity contribution in [1.29, 1.82) is 0 Å². The summed E-state index contributed by atoms with van der Waals surface area (Å²) in [6.07, 6.45) is 8.26. The molecule has 2 fully saturated rings. The van der Waals surface area contributed by atoms with Crippen LogP contribution in [0.1, 0.15) is 48.8 Å². The zero-order chi connectivity index (χ0) is 25.7. The summed E-state index contributed by atoms with van der Waals surface area (Å²) in [6.45, 7) is 4.18. The maximum absolute atomic E-state index is 13.3. The fourth-order valence-corrected chi connectivity index (χ4v) is 4.90. The Labute approximate surface area is 219 Å². The summed E-state index contributed by atoms with van der Waals surface area (Å²) in [7, 11) is 1.54. The first-order valence-corrected chi connectivity index (χ1v) is 12.8. The topological polar surface area (TPSA) is 84.9 Å². The van der Waals surface area contributed by atoms with Crippen LogP contribution in [-0.4, -0.2) is 35.9 Å². The van der Waals surface area contributed by atoms with E-state index in [2.05, 4.69) is 27.8 Å². The molecule has 1 saturated heterocycles. The van der Waals surface area contributed by atoms with Crippen LogP contribution in [0.25, 0.3) is 6.08 Å². The summed E-state index contributed by atoms with van der Waals surface area (Å²) < 4.78 is 12.7. The SMILES string of the molecule is C=CCc1cc(C=C2C(=O)NC(=O)N(C3CCCCC3)C2=O)cc(OC)c1OCc1ccc(Br)cc1. The van der Waals surface area contributed by atoms with Crippen LogP contribution in [0.3, 0.4) is 0 Å². The maximum Gasteiger partial charge on any atom is 0.331 e. The summed E-state index contributed by atoms with van der Waals surface area (Å²) in [5, 5.41) is 2.33. The molecule has 1 aliphatic carbocycles. The van der Waals surface area contributed by atoms with Crippen molar-refractivity contribution in [3.05, 3.63) is 75.8 Å². The predicted molar refractivity (Wildman–Crippen MR) is 141 cm³/mol. The molecular weight excluding hydrogens is 524 g/mol. The summed E-state index contributed by atoms with van der Waals surface area (Å²) in [4.78, 5) is 39.6. The van der Waals surface area contributed by atoms with Crippen molar-refractivity contribution in [1.82, 2.24) is 10.2 Å². The van der Waals surface area contributed by atoms with Gasteiger partial charge in [-0.25, -0.2) is 4.79 Å². The molecule has 2 aromatic carbocycles. The van der Waals surface area contributed by atoms with Crippen LogP contribution in [0.2, 0.25) is 0 Å². The van der Waals surface area contributed by atoms with Gasteiger partial charge in [-0.2, -0.15) is 0 Å². The van der Waals surface area contributed by atoms with Gasteiger partial charge in [-0.05, 0) is 60.7 Å². The first-order chi connectivity index (χ1) is 17.4. The van der Waals surface area contributed by atoms with Crippen molar-refractivity contribution in [3.63, 3.8) is 0 Å². The van der Waals surface area contributed by atoms with E-state index in [-0.39, 0.29) is 11.6 Å². The van der Waals surface area contributed by atoms with E-state index in [0.29, 0.717) is 30.1 Å². The molecular formula is C28H29BrN2O5. The van der Waals surface area contributed by atoms with Gasteiger partial charge in [0.15, 0.2) is 11.5 Å². The van der Waals surface area contributed by atoms with Gasteiger partial charge in [0.1, 0.15) is 12.2 Å². The molecule has 7 nitrogen and oxygen atoms in total. The van der Waals surface area contributed by atoms with Gasteiger partial charge in [0, 0.05) is 16.1 Å². The minimum Gasteiger partial charge on any atom is -0.493 e. The Morgan fingerprint density at radius 2 is 1.83 bits per heavy atom. The molecule has 0 radical (unpaired) electrons. The zero-order valence-electron chi connectivity index (χ0n) is 20.2. The molecule has 0 spiro atoms. The minimum absolute atomic E-state index is 0.0738. The largest absolute Gasteiger partial charge is 0.493 e. The van der Waals surface area contributed by atoms with Gasteiger partial charge in [-0.3, -0.25) is 19.8 Å². The molecule has 0 bridgehead atoms. The Bertz CT molecular complexity index is 1200. The van der Waals surface area contributed by atoms with Gasteiger partial charge in [-0.1, -0.05) is 53.4 Å². The number of imide groups is 2. The lowest BCUT2D eigenvalue weighted by Crippen LogP contribution is -2.58. The molecule has 36 heavy (non-hydrogen) atoms. The molecule has 8 heteroatoms. The molecule has 1 heterocycles. The van der Waals surface area contributed by atoms with Crippen LogP contribution < -0.4 is 14.8 Å². The molecule has 1 saturated carbocycles. The summed E-state index contributed by atoms with van der Waals surface area (Å²) in [5.41, 5.74) is 2.32. The van der Waals surface area contributed by atoms with Crippen molar-refractivity contribution in [2.24, 2.45) is 0 Å². The van der Waals surface area contributed by atoms with Gasteiger partial charge in [0.2, 0.25) is 0 Å². The van der Waals surface area contributed by atoms with E-state index in [1.165, 1.54) is 11.0 Å². The van der Waals surface area contributed by atoms with Crippen molar-refractivity contribution >= 4 is 39.9 Å². The van der Waals surface area contributed by atoms with E-state index >= 15 is 0 Å². The number of carbonyl (C=O) groups is 3. The number of rotatable bonds is 8. The van der Waals surface area contributed by atoms with Gasteiger partial charge in [0.05, 0.1) is 7.11 Å². The van der Waals surface area contributed by atoms with Gasteiger partial charge < -0.3 is 9.47 Å². The number of nitrogens with zero attached hydrogens (tertiary/aromatic N) is 1. The Kier molecular flexibility index (Phi) is 8.25. The fraction of sp³-hybridized carbons (Fsp3) is 0.321. The number of halogens is 1. The first kappa shape index (κ1) is 25.7. The zero-order valence-corrected chi connectivity index (χ0v) is 21.8. The minimum atomic E-state index is -0.697. The number of allylic oxidation sites excluding steroid dienone is 1. The number of carbonyl (C=O) groups excluding carboxylic acids is 3. The lowest BCUT2D eigenvalue weighted by Gasteiger charge is -2.35. The van der Waals surface area contributed by atoms with E-state index in [1.54, 1.807) is 19.3 Å². The smallest absolute Gasteiger partial charge is 0.331 e. The molecule has 4 rings (SSSR count). The van der Waals surface area contributed by atoms with E-state index in [9.17, 15) is 14.4 Å². The van der Waals surface area contributed by atoms with E-state index in [1.807, 2.05) is 30.3 Å². The number of barbiturate groups is 1. The highest BCUT2D eigenvalue weighted by molar-refractivity contribution is 9.10. The molecule has 2 aromatic rings. The van der Waals surface area contributed by atoms with E-state index in [0.717, 1.165) is 47.7 Å². The number of urea groups is 1. The first-order valence-electron chi connectivity index (χ1n) is 12.0. The molecule has 2 aliphatic rings. The monoisotopic (exact) mass is 552 g/mol. The molecule has 0 atom stereocenters. The maximum atomic E-state index is 13.3. The summed E-state index contributed by atoms with van der Waals surface area (Å²) in [5.74, 6) is -0.213. The molecule has 1 aliphatic heterocycles. The lowest BCUT2D eigenvalue weighted by molar-refractivity contribution is -0.132. The van der Waals surface area contributed by atoms with Crippen LogP contribution in [0.4, 0.5) is 4.79 Å². The van der Waals surface area contributed by atoms with Gasteiger partial charge in [-0.15, -0.1) is 6.58 Å². The standard InChI is InChI=1S/C28H29BrN2O5/c1-3-7-20-14-19(16-24(35-2)25(20)36-17-18-10-12-21(29)13-11-18)15-23-26(32)30-28(34)31(27(23)33)22-8-5-4-6-9-22/h3,10-16,22H,1,4-9,17H2,2H3,(H,30,32,34). The number of hydrogen-bond donors (Lipinski definition) is 1. The van der Waals surface area contributed by atoms with Crippen LogP contribution in [0.15, 0.2) is 59.1 Å². The van der Waals surface area contributed by atoms with Crippen LogP contribution in [-0.2, 0) is 22.6 Å². The van der Waals surface area contributed by atoms with Crippen LogP contribution in [0, 0.1) is 0 Å². The van der Waals surface area contributed by atoms with Crippen molar-refractivity contribution in [3.8, 4) is 11.5 Å². The van der Waals surface area contributed by atoms with Gasteiger partial charge >= 0.3 is 6.03 Å². The second kappa shape index (κ2) is 11.6. The molecule has 1 N–H and O–H groups in total. The van der Waals surface area contributed by atoms with Crippen LogP contribution >= 0.6 is 15.9 Å². The Morgan fingerprint density at radius 1 is 1.11 bits per heavy atom. The third kappa shape index (κ3) is 5.70. The fourth-order valence-electron chi connectivity index (χ4n) is 4.63.